The zero-order chi connectivity index (χ0) is 17.3. The maximum atomic E-state index is 12.2. The molecule has 0 unspecified atom stereocenters. The van der Waals surface area contributed by atoms with E-state index in [1.165, 1.54) is 19.3 Å². The van der Waals surface area contributed by atoms with E-state index in [9.17, 15) is 4.79 Å². The molecule has 1 aromatic rings. The molecule has 6 nitrogen and oxygen atoms in total. The molecular weight excluding hydrogens is 316 g/mol. The Labute approximate surface area is 150 Å². The van der Waals surface area contributed by atoms with Crippen LogP contribution in [0, 0.1) is 0 Å². The maximum absolute atomic E-state index is 12.2. The van der Waals surface area contributed by atoms with Gasteiger partial charge in [-0.1, -0.05) is 12.1 Å². The Hall–Kier alpha value is -1.79. The van der Waals surface area contributed by atoms with E-state index in [1.54, 1.807) is 0 Å². The van der Waals surface area contributed by atoms with Crippen LogP contribution in [0.2, 0.25) is 0 Å². The minimum Gasteiger partial charge on any atom is -0.379 e. The number of carbonyl (C=O) groups excluding carboxylic acids is 1. The monoisotopic (exact) mass is 346 g/mol. The molecule has 1 aromatic carbocycles. The number of ether oxygens (including phenoxy) is 1. The molecule has 0 spiro atoms. The summed E-state index contributed by atoms with van der Waals surface area (Å²) in [7, 11) is 0. The first-order valence-corrected chi connectivity index (χ1v) is 9.52. The maximum Gasteiger partial charge on any atom is 0.319 e. The van der Waals surface area contributed by atoms with Crippen LogP contribution in [-0.4, -0.2) is 63.4 Å². The third-order valence-electron chi connectivity index (χ3n) is 4.89. The van der Waals surface area contributed by atoms with E-state index in [4.69, 9.17) is 4.74 Å². The van der Waals surface area contributed by atoms with Crippen LogP contribution in [-0.2, 0) is 4.74 Å². The molecule has 0 bridgehead atoms. The van der Waals surface area contributed by atoms with E-state index in [0.717, 1.165) is 63.7 Å². The highest BCUT2D eigenvalue weighted by atomic mass is 16.5. The smallest absolute Gasteiger partial charge is 0.319 e. The number of morpholine rings is 1. The topological polar surface area (TPSA) is 56.8 Å². The molecule has 2 amide bonds. The molecule has 2 N–H and O–H groups in total. The normalized spacial score (nSPS) is 18.8. The fourth-order valence-electron chi connectivity index (χ4n) is 3.49. The van der Waals surface area contributed by atoms with Crippen molar-refractivity contribution in [2.75, 3.05) is 62.7 Å². The number of para-hydroxylation sites is 2. The third-order valence-corrected chi connectivity index (χ3v) is 4.89. The summed E-state index contributed by atoms with van der Waals surface area (Å²) < 4.78 is 5.35. The van der Waals surface area contributed by atoms with Gasteiger partial charge in [0.25, 0.3) is 0 Å². The van der Waals surface area contributed by atoms with Crippen LogP contribution in [0.5, 0.6) is 0 Å². The van der Waals surface area contributed by atoms with Gasteiger partial charge in [-0.25, -0.2) is 4.79 Å². The Morgan fingerprint density at radius 3 is 2.60 bits per heavy atom. The van der Waals surface area contributed by atoms with Crippen LogP contribution in [0.4, 0.5) is 16.2 Å². The molecule has 0 atom stereocenters. The first-order valence-electron chi connectivity index (χ1n) is 9.52. The summed E-state index contributed by atoms with van der Waals surface area (Å²) in [6.45, 7) is 7.47. The molecule has 138 valence electrons. The summed E-state index contributed by atoms with van der Waals surface area (Å²) in [5.74, 6) is 0. The molecule has 0 aromatic heterocycles. The minimum atomic E-state index is -0.119. The second kappa shape index (κ2) is 9.63. The number of urea groups is 1. The number of rotatable bonds is 6. The molecule has 2 fully saturated rings. The highest BCUT2D eigenvalue weighted by Crippen LogP contribution is 2.28. The van der Waals surface area contributed by atoms with Crippen LogP contribution in [0.15, 0.2) is 24.3 Å². The van der Waals surface area contributed by atoms with Crippen LogP contribution in [0.1, 0.15) is 25.7 Å². The van der Waals surface area contributed by atoms with Crippen molar-refractivity contribution in [3.63, 3.8) is 0 Å². The fourth-order valence-corrected chi connectivity index (χ4v) is 3.49. The highest BCUT2D eigenvalue weighted by molar-refractivity contribution is 5.93. The number of nitrogens with one attached hydrogen (secondary N) is 2. The van der Waals surface area contributed by atoms with Gasteiger partial charge >= 0.3 is 6.03 Å². The van der Waals surface area contributed by atoms with Gasteiger partial charge in [-0.05, 0) is 44.4 Å². The number of piperidine rings is 1. The molecule has 2 aliphatic heterocycles. The lowest BCUT2D eigenvalue weighted by atomic mass is 10.1. The zero-order valence-electron chi connectivity index (χ0n) is 15.0. The quantitative estimate of drug-likeness (QED) is 0.777. The lowest BCUT2D eigenvalue weighted by Crippen LogP contribution is -2.38. The number of amides is 2. The number of benzene rings is 1. The second-order valence-corrected chi connectivity index (χ2v) is 6.75. The van der Waals surface area contributed by atoms with E-state index in [2.05, 4.69) is 26.5 Å². The largest absolute Gasteiger partial charge is 0.379 e. The van der Waals surface area contributed by atoms with Crippen molar-refractivity contribution in [1.29, 1.82) is 0 Å². The van der Waals surface area contributed by atoms with Crippen molar-refractivity contribution in [2.24, 2.45) is 0 Å². The van der Waals surface area contributed by atoms with E-state index in [-0.39, 0.29) is 6.03 Å². The summed E-state index contributed by atoms with van der Waals surface area (Å²) >= 11 is 0. The first-order chi connectivity index (χ1) is 12.3. The minimum absolute atomic E-state index is 0.119. The molecule has 6 heteroatoms. The summed E-state index contributed by atoms with van der Waals surface area (Å²) in [6.07, 6.45) is 4.71. The molecule has 2 saturated heterocycles. The molecular formula is C19H30N4O2. The Bertz CT molecular complexity index is 540. The molecule has 2 aliphatic rings. The standard InChI is InChI=1S/C19H30N4O2/c24-19(20-9-6-10-22-13-15-25-16-14-22)21-17-7-2-3-8-18(17)23-11-4-1-5-12-23/h2-3,7-8H,1,4-6,9-16H2,(H2,20,21,24). The molecule has 0 aliphatic carbocycles. The van der Waals surface area contributed by atoms with Crippen LogP contribution < -0.4 is 15.5 Å². The van der Waals surface area contributed by atoms with Gasteiger partial charge in [-0.15, -0.1) is 0 Å². The predicted octanol–water partition coefficient (Wildman–Crippen LogP) is 2.52. The first kappa shape index (κ1) is 18.0. The lowest BCUT2D eigenvalue weighted by molar-refractivity contribution is 0.0375. The van der Waals surface area contributed by atoms with Gasteiger partial charge in [-0.3, -0.25) is 4.90 Å². The van der Waals surface area contributed by atoms with E-state index >= 15 is 0 Å². The van der Waals surface area contributed by atoms with Crippen molar-refractivity contribution in [3.05, 3.63) is 24.3 Å². The van der Waals surface area contributed by atoms with Gasteiger partial charge in [-0.2, -0.15) is 0 Å². The third kappa shape index (κ3) is 5.61. The molecule has 0 saturated carbocycles. The van der Waals surface area contributed by atoms with Gasteiger partial charge in [0.1, 0.15) is 0 Å². The van der Waals surface area contributed by atoms with Gasteiger partial charge in [0.05, 0.1) is 24.6 Å². The molecule has 3 rings (SSSR count). The van der Waals surface area contributed by atoms with Crippen LogP contribution in [0.3, 0.4) is 0 Å². The number of hydrogen-bond acceptors (Lipinski definition) is 4. The SMILES string of the molecule is O=C(NCCCN1CCOCC1)Nc1ccccc1N1CCCCC1. The van der Waals surface area contributed by atoms with Crippen LogP contribution in [0.25, 0.3) is 0 Å². The Morgan fingerprint density at radius 1 is 1.04 bits per heavy atom. The predicted molar refractivity (Wildman–Crippen MR) is 101 cm³/mol. The Morgan fingerprint density at radius 2 is 1.80 bits per heavy atom. The molecule has 25 heavy (non-hydrogen) atoms. The number of anilines is 2. The van der Waals surface area contributed by atoms with E-state index in [1.807, 2.05) is 18.2 Å². The summed E-state index contributed by atoms with van der Waals surface area (Å²) in [6, 6.07) is 7.97. The summed E-state index contributed by atoms with van der Waals surface area (Å²) in [4.78, 5) is 17.0. The molecule has 0 radical (unpaired) electrons. The number of hydrogen-bond donors (Lipinski definition) is 2. The van der Waals surface area contributed by atoms with E-state index < -0.39 is 0 Å². The van der Waals surface area contributed by atoms with Crippen molar-refractivity contribution in [1.82, 2.24) is 10.2 Å². The highest BCUT2D eigenvalue weighted by Gasteiger charge is 2.15. The summed E-state index contributed by atoms with van der Waals surface area (Å²) in [5.41, 5.74) is 2.03. The average molecular weight is 346 g/mol. The van der Waals surface area contributed by atoms with Gasteiger partial charge in [0.2, 0.25) is 0 Å². The van der Waals surface area contributed by atoms with Crippen LogP contribution >= 0.6 is 0 Å². The van der Waals surface area contributed by atoms with Gasteiger partial charge < -0.3 is 20.3 Å². The van der Waals surface area contributed by atoms with Crippen molar-refractivity contribution in [2.45, 2.75) is 25.7 Å². The lowest BCUT2D eigenvalue weighted by Gasteiger charge is -2.30. The number of nitrogens with zero attached hydrogens (tertiary/aromatic N) is 2. The fraction of sp³-hybridized carbons (Fsp3) is 0.632. The van der Waals surface area contributed by atoms with Crippen molar-refractivity contribution in [3.8, 4) is 0 Å². The Balaban J connectivity index is 1.43. The summed E-state index contributed by atoms with van der Waals surface area (Å²) in [5, 5.41) is 6.00. The second-order valence-electron chi connectivity index (χ2n) is 6.75. The van der Waals surface area contributed by atoms with Gasteiger partial charge in [0.15, 0.2) is 0 Å². The molecule has 2 heterocycles. The Kier molecular flexibility index (Phi) is 6.94. The van der Waals surface area contributed by atoms with Gasteiger partial charge in [0, 0.05) is 32.7 Å². The zero-order valence-corrected chi connectivity index (χ0v) is 15.0. The van der Waals surface area contributed by atoms with E-state index in [0.29, 0.717) is 6.54 Å². The average Bonchev–Trinajstić information content (AvgIpc) is 2.67. The number of carbonyl (C=O) groups is 1. The van der Waals surface area contributed by atoms with Crippen molar-refractivity contribution >= 4 is 17.4 Å². The van der Waals surface area contributed by atoms with Crippen molar-refractivity contribution < 1.29 is 9.53 Å².